The Balaban J connectivity index is 1.94. The molecule has 1 aromatic carbocycles. The first-order valence-corrected chi connectivity index (χ1v) is 9.59. The number of hydrogen-bond acceptors (Lipinski definition) is 7. The predicted molar refractivity (Wildman–Crippen MR) is 114 cm³/mol. The van der Waals surface area contributed by atoms with Crippen molar-refractivity contribution >= 4 is 34.1 Å². The third-order valence-corrected chi connectivity index (χ3v) is 4.71. The number of carbonyl (C=O) groups excluding carboxylic acids is 1. The molecule has 3 rings (SSSR count). The second kappa shape index (κ2) is 9.06. The molecule has 0 saturated carbocycles. The van der Waals surface area contributed by atoms with Crippen molar-refractivity contribution in [3.05, 3.63) is 41.8 Å². The second-order valence-corrected chi connectivity index (χ2v) is 7.02. The smallest absolute Gasteiger partial charge is 0.252 e. The van der Waals surface area contributed by atoms with Gasteiger partial charge in [-0.05, 0) is 38.1 Å². The molecule has 2 heterocycles. The summed E-state index contributed by atoms with van der Waals surface area (Å²) in [4.78, 5) is 16.1. The molecule has 0 fully saturated rings. The highest BCUT2D eigenvalue weighted by Gasteiger charge is 2.20. The average Bonchev–Trinajstić information content (AvgIpc) is 3.06. The Hall–Kier alpha value is -3.24. The molecule has 0 saturated heterocycles. The van der Waals surface area contributed by atoms with Crippen LogP contribution in [0, 0.1) is 5.82 Å². The van der Waals surface area contributed by atoms with Crippen molar-refractivity contribution in [3.63, 3.8) is 0 Å². The zero-order chi connectivity index (χ0) is 21.8. The van der Waals surface area contributed by atoms with Crippen LogP contribution in [0.5, 0.6) is 0 Å². The summed E-state index contributed by atoms with van der Waals surface area (Å²) < 4.78 is 21.8. The number of nitrogens with zero attached hydrogens (tertiary/aromatic N) is 3. The number of primary amides is 1. The van der Waals surface area contributed by atoms with Gasteiger partial charge in [0.05, 0.1) is 29.9 Å². The standard InChI is InChI=1S/C20H26FN7O2/c1-4-30-10-16(11(2)22)26-20-15(21)8-14(18(23)29)19(27-20)25-13-5-6-17-12(7-13)9-24-28(17)3/h5-9,11,16H,4,10,22H2,1-3H3,(H2,23,29)(H2,25,26,27)/t11-,16+/m0/s1. The number of nitrogens with one attached hydrogen (secondary N) is 2. The van der Waals surface area contributed by atoms with Crippen molar-refractivity contribution in [2.75, 3.05) is 23.8 Å². The first kappa shape index (κ1) is 21.5. The number of nitrogens with two attached hydrogens (primary N) is 2. The fourth-order valence-electron chi connectivity index (χ4n) is 3.00. The van der Waals surface area contributed by atoms with Crippen molar-refractivity contribution in [1.29, 1.82) is 0 Å². The number of anilines is 3. The lowest BCUT2D eigenvalue weighted by molar-refractivity contribution is 0.100. The van der Waals surface area contributed by atoms with E-state index in [1.807, 2.05) is 32.2 Å². The molecule has 1 amide bonds. The molecular weight excluding hydrogens is 389 g/mol. The number of carbonyl (C=O) groups is 1. The summed E-state index contributed by atoms with van der Waals surface area (Å²) in [5, 5.41) is 11.1. The van der Waals surface area contributed by atoms with Gasteiger partial charge in [-0.2, -0.15) is 5.10 Å². The SMILES string of the molecule is CCOC[C@@H](Nc1nc(Nc2ccc3c(cnn3C)c2)c(C(N)=O)cc1F)[C@H](C)N. The molecule has 0 aliphatic heterocycles. The molecule has 2 atom stereocenters. The number of pyridine rings is 1. The second-order valence-electron chi connectivity index (χ2n) is 7.02. The van der Waals surface area contributed by atoms with Crippen molar-refractivity contribution in [3.8, 4) is 0 Å². The van der Waals surface area contributed by atoms with Gasteiger partial charge in [0, 0.05) is 30.8 Å². The first-order valence-electron chi connectivity index (χ1n) is 9.59. The van der Waals surface area contributed by atoms with Gasteiger partial charge in [-0.1, -0.05) is 0 Å². The third-order valence-electron chi connectivity index (χ3n) is 4.71. The fraction of sp³-hybridized carbons (Fsp3) is 0.350. The van der Waals surface area contributed by atoms with Crippen LogP contribution in [0.2, 0.25) is 0 Å². The Labute approximate surface area is 173 Å². The van der Waals surface area contributed by atoms with Crippen LogP contribution in [0.25, 0.3) is 10.9 Å². The van der Waals surface area contributed by atoms with Gasteiger partial charge in [0.15, 0.2) is 11.6 Å². The van der Waals surface area contributed by atoms with E-state index in [2.05, 4.69) is 20.7 Å². The molecule has 2 aromatic heterocycles. The molecule has 0 spiro atoms. The summed E-state index contributed by atoms with van der Waals surface area (Å²) in [6.07, 6.45) is 1.72. The third kappa shape index (κ3) is 4.66. The van der Waals surface area contributed by atoms with Gasteiger partial charge >= 0.3 is 0 Å². The minimum Gasteiger partial charge on any atom is -0.380 e. The van der Waals surface area contributed by atoms with Crippen molar-refractivity contribution in [2.24, 2.45) is 18.5 Å². The van der Waals surface area contributed by atoms with Crippen molar-refractivity contribution in [1.82, 2.24) is 14.8 Å². The summed E-state index contributed by atoms with van der Waals surface area (Å²) in [5.74, 6) is -1.42. The molecule has 9 nitrogen and oxygen atoms in total. The van der Waals surface area contributed by atoms with Crippen LogP contribution >= 0.6 is 0 Å². The van der Waals surface area contributed by atoms with E-state index in [9.17, 15) is 9.18 Å². The van der Waals surface area contributed by atoms with Crippen molar-refractivity contribution < 1.29 is 13.9 Å². The topological polar surface area (TPSA) is 133 Å². The van der Waals surface area contributed by atoms with E-state index >= 15 is 0 Å². The summed E-state index contributed by atoms with van der Waals surface area (Å²) in [6.45, 7) is 4.44. The molecule has 0 aliphatic rings. The predicted octanol–water partition coefficient (Wildman–Crippen LogP) is 2.11. The number of rotatable bonds is 9. The highest BCUT2D eigenvalue weighted by Crippen LogP contribution is 2.26. The average molecular weight is 415 g/mol. The fourth-order valence-corrected chi connectivity index (χ4v) is 3.00. The molecule has 3 aromatic rings. The number of aryl methyl sites for hydroxylation is 1. The normalized spacial score (nSPS) is 13.2. The minimum atomic E-state index is -0.795. The van der Waals surface area contributed by atoms with Crippen LogP contribution in [-0.2, 0) is 11.8 Å². The van der Waals surface area contributed by atoms with Crippen molar-refractivity contribution in [2.45, 2.75) is 25.9 Å². The van der Waals surface area contributed by atoms with Gasteiger partial charge < -0.3 is 26.8 Å². The van der Waals surface area contributed by atoms with E-state index < -0.39 is 11.7 Å². The Morgan fingerprint density at radius 3 is 2.77 bits per heavy atom. The lowest BCUT2D eigenvalue weighted by atomic mass is 10.1. The van der Waals surface area contributed by atoms with Gasteiger partial charge in [0.1, 0.15) is 5.82 Å². The molecule has 6 N–H and O–H groups in total. The zero-order valence-corrected chi connectivity index (χ0v) is 17.1. The Kier molecular flexibility index (Phi) is 6.48. The van der Waals surface area contributed by atoms with E-state index in [1.165, 1.54) is 0 Å². The first-order chi connectivity index (χ1) is 14.3. The molecule has 0 radical (unpaired) electrons. The van der Waals surface area contributed by atoms with Crippen LogP contribution < -0.4 is 22.1 Å². The number of amides is 1. The van der Waals surface area contributed by atoms with Crippen LogP contribution in [0.4, 0.5) is 21.7 Å². The summed E-state index contributed by atoms with van der Waals surface area (Å²) in [6, 6.07) is 5.91. The van der Waals surface area contributed by atoms with Gasteiger partial charge in [0.2, 0.25) is 0 Å². The monoisotopic (exact) mass is 415 g/mol. The highest BCUT2D eigenvalue weighted by atomic mass is 19.1. The van der Waals surface area contributed by atoms with E-state index in [0.29, 0.717) is 12.3 Å². The van der Waals surface area contributed by atoms with Crippen LogP contribution in [-0.4, -0.2) is 46.0 Å². The number of ether oxygens (including phenoxy) is 1. The van der Waals surface area contributed by atoms with Crippen LogP contribution in [0.15, 0.2) is 30.5 Å². The number of hydrogen-bond donors (Lipinski definition) is 4. The molecule has 0 aliphatic carbocycles. The van der Waals surface area contributed by atoms with E-state index in [1.54, 1.807) is 17.8 Å². The largest absolute Gasteiger partial charge is 0.380 e. The highest BCUT2D eigenvalue weighted by molar-refractivity contribution is 5.99. The van der Waals surface area contributed by atoms with Gasteiger partial charge in [0.25, 0.3) is 5.91 Å². The minimum absolute atomic E-state index is 0.0491. The maximum Gasteiger partial charge on any atom is 0.252 e. The van der Waals surface area contributed by atoms with Gasteiger partial charge in [-0.15, -0.1) is 0 Å². The van der Waals surface area contributed by atoms with Crippen LogP contribution in [0.1, 0.15) is 24.2 Å². The summed E-state index contributed by atoms with van der Waals surface area (Å²) >= 11 is 0. The molecule has 0 unspecified atom stereocenters. The lowest BCUT2D eigenvalue weighted by Crippen LogP contribution is -2.42. The summed E-state index contributed by atoms with van der Waals surface area (Å²) in [7, 11) is 1.84. The number of halogens is 1. The zero-order valence-electron chi connectivity index (χ0n) is 17.1. The Morgan fingerprint density at radius 2 is 2.10 bits per heavy atom. The maximum atomic E-state index is 14.6. The van der Waals surface area contributed by atoms with Gasteiger partial charge in [-0.25, -0.2) is 9.37 Å². The van der Waals surface area contributed by atoms with Crippen LogP contribution in [0.3, 0.4) is 0 Å². The Bertz CT molecular complexity index is 1050. The molecular formula is C20H26FN7O2. The maximum absolute atomic E-state index is 14.6. The number of fused-ring (bicyclic) bond motifs is 1. The van der Waals surface area contributed by atoms with E-state index in [-0.39, 0.29) is 35.9 Å². The lowest BCUT2D eigenvalue weighted by Gasteiger charge is -2.23. The Morgan fingerprint density at radius 1 is 1.33 bits per heavy atom. The summed E-state index contributed by atoms with van der Waals surface area (Å²) in [5.41, 5.74) is 13.0. The molecule has 0 bridgehead atoms. The molecule has 160 valence electrons. The quantitative estimate of drug-likeness (QED) is 0.421. The van der Waals surface area contributed by atoms with E-state index in [0.717, 1.165) is 17.0 Å². The molecule has 10 heteroatoms. The number of aromatic nitrogens is 3. The number of benzene rings is 1. The van der Waals surface area contributed by atoms with E-state index in [4.69, 9.17) is 16.2 Å². The molecule has 30 heavy (non-hydrogen) atoms. The van der Waals surface area contributed by atoms with Gasteiger partial charge in [-0.3, -0.25) is 9.48 Å².